The number of fused-ring (bicyclic) bond motifs is 4. The Morgan fingerprint density at radius 3 is 1.44 bits per heavy atom. The maximum Gasteiger partial charge on any atom is 0.475 e. The maximum absolute atomic E-state index is 15.0. The Kier molecular flexibility index (Phi) is 11.8. The molecule has 336 valence electrons. The van der Waals surface area contributed by atoms with E-state index in [9.17, 15) is 4.57 Å². The molecule has 59 heavy (non-hydrogen) atoms. The Bertz CT molecular complexity index is 1440. The van der Waals surface area contributed by atoms with E-state index in [0.717, 1.165) is 103 Å². The first-order chi connectivity index (χ1) is 28.3. The third kappa shape index (κ3) is 7.61. The molecule has 8 heterocycles. The minimum Gasteiger partial charge on any atom is -0.346 e. The second kappa shape index (κ2) is 16.3. The van der Waals surface area contributed by atoms with Crippen LogP contribution in [0.2, 0.25) is 0 Å². The van der Waals surface area contributed by atoms with Gasteiger partial charge in [0.1, 0.15) is 0 Å². The van der Waals surface area contributed by atoms with Gasteiger partial charge in [-0.15, -0.1) is 0 Å². The van der Waals surface area contributed by atoms with Crippen LogP contribution in [0.4, 0.5) is 0 Å². The molecular weight excluding hydrogens is 775 g/mol. The summed E-state index contributed by atoms with van der Waals surface area (Å²) in [6.45, 7) is 13.6. The molecule has 0 amide bonds. The molecular formula is C46H75O12P. The molecule has 12 aliphatic rings. The van der Waals surface area contributed by atoms with Crippen LogP contribution in [-0.2, 0) is 56.6 Å². The van der Waals surface area contributed by atoms with E-state index in [2.05, 4.69) is 27.7 Å². The summed E-state index contributed by atoms with van der Waals surface area (Å²) < 4.78 is 62.6. The molecule has 12 rings (SSSR count). The molecule has 4 bridgehead atoms. The molecule has 0 aromatic rings. The van der Waals surface area contributed by atoms with Gasteiger partial charge in [-0.2, -0.15) is 0 Å². The van der Waals surface area contributed by atoms with Gasteiger partial charge in [0.05, 0.1) is 31.0 Å². The van der Waals surface area contributed by atoms with Crippen molar-refractivity contribution < 1.29 is 56.6 Å². The molecule has 4 saturated carbocycles. The van der Waals surface area contributed by atoms with Gasteiger partial charge in [-0.25, -0.2) is 24.1 Å². The highest BCUT2D eigenvalue weighted by Crippen LogP contribution is 2.64. The van der Waals surface area contributed by atoms with Crippen LogP contribution in [0.5, 0.6) is 0 Å². The van der Waals surface area contributed by atoms with Crippen molar-refractivity contribution in [1.29, 1.82) is 0 Å². The average molecular weight is 851 g/mol. The standard InChI is InChI=1S/C46H75O12P/c1-28-17-19-37-30(3)39(49-41-45(37)35(28)21-23-43(5,51-41)55-57-45)25-32(27-48-59(47,53-33-13-9-7-10-14-33)54-34-15-11-8-12-16-34)26-40-31(4)38-20-18-29(2)36-22-24-44(6)52-42(50-40)46(36,38)58-56-44/h28-42H,7-27H2,1-6H3/t28-,29-,30-,31-,35+,36+,37+,38+,39-,40-,41-,42-,43+,44+,45-,46-/m1/s1. The van der Waals surface area contributed by atoms with Crippen LogP contribution in [0, 0.1) is 53.3 Å². The Morgan fingerprint density at radius 2 is 1.00 bits per heavy atom. The zero-order valence-corrected chi connectivity index (χ0v) is 37.8. The molecule has 0 aromatic heterocycles. The smallest absolute Gasteiger partial charge is 0.346 e. The summed E-state index contributed by atoms with van der Waals surface area (Å²) in [7, 11) is -3.90. The highest BCUT2D eigenvalue weighted by molar-refractivity contribution is 7.48. The summed E-state index contributed by atoms with van der Waals surface area (Å²) in [5.74, 6) is 0.569. The summed E-state index contributed by atoms with van der Waals surface area (Å²) in [6, 6.07) is 0. The Morgan fingerprint density at radius 1 is 0.559 bits per heavy atom. The summed E-state index contributed by atoms with van der Waals surface area (Å²) in [5.41, 5.74) is -1.27. The molecule has 16 atom stereocenters. The van der Waals surface area contributed by atoms with E-state index in [1.165, 1.54) is 12.8 Å². The van der Waals surface area contributed by atoms with E-state index < -0.39 is 43.2 Å². The lowest BCUT2D eigenvalue weighted by molar-refractivity contribution is -0.571. The van der Waals surface area contributed by atoms with Gasteiger partial charge in [-0.05, 0) is 132 Å². The zero-order valence-electron chi connectivity index (χ0n) is 36.9. The molecule has 0 radical (unpaired) electrons. The molecule has 0 N–H and O–H groups in total. The predicted molar refractivity (Wildman–Crippen MR) is 216 cm³/mol. The second-order valence-corrected chi connectivity index (χ2v) is 23.3. The Labute approximate surface area is 353 Å². The van der Waals surface area contributed by atoms with Gasteiger partial charge in [0.2, 0.25) is 11.6 Å². The summed E-state index contributed by atoms with van der Waals surface area (Å²) in [4.78, 5) is 25.3. The fraction of sp³-hybridized carbons (Fsp3) is 1.00. The van der Waals surface area contributed by atoms with Crippen molar-refractivity contribution in [2.45, 2.75) is 230 Å². The molecule has 0 aromatic carbocycles. The van der Waals surface area contributed by atoms with Crippen LogP contribution in [0.3, 0.4) is 0 Å². The van der Waals surface area contributed by atoms with Gasteiger partial charge in [-0.1, -0.05) is 66.2 Å². The molecule has 13 heteroatoms. The SMILES string of the molecule is C[C@H]1[C@@H](CC(COP(=O)(OC2CCCCC2)OC2CCCCC2)C[C@H]2O[C@@H]3O[C@]4(C)CC[C@H]5[C@H](C)CC[C@@H]([C@H]2C)[C@@]35OO4)O[C@@H]2O[C@]3(C)CC[C@H]4[C@H](C)CC[C@@H]1[C@@]24OO3. The molecule has 2 spiro atoms. The van der Waals surface area contributed by atoms with Crippen LogP contribution >= 0.6 is 7.82 Å². The lowest BCUT2D eigenvalue weighted by Gasteiger charge is -2.61. The highest BCUT2D eigenvalue weighted by atomic mass is 31.2. The zero-order chi connectivity index (χ0) is 40.8. The predicted octanol–water partition coefficient (Wildman–Crippen LogP) is 10.7. The molecule has 12 fully saturated rings. The van der Waals surface area contributed by atoms with Gasteiger partial charge < -0.3 is 18.9 Å². The molecule has 8 saturated heterocycles. The lowest BCUT2D eigenvalue weighted by atomic mass is 9.56. The van der Waals surface area contributed by atoms with E-state index in [0.29, 0.717) is 36.5 Å². The fourth-order valence-electron chi connectivity index (χ4n) is 14.4. The number of hydrogen-bond donors (Lipinski definition) is 0. The van der Waals surface area contributed by atoms with Gasteiger partial charge in [0.25, 0.3) is 0 Å². The topological polar surface area (TPSA) is 119 Å². The van der Waals surface area contributed by atoms with Crippen molar-refractivity contribution in [3.63, 3.8) is 0 Å². The highest BCUT2D eigenvalue weighted by Gasteiger charge is 2.71. The number of rotatable bonds is 11. The fourth-order valence-corrected chi connectivity index (χ4v) is 16.1. The molecule has 4 aliphatic carbocycles. The second-order valence-electron chi connectivity index (χ2n) is 21.7. The van der Waals surface area contributed by atoms with Crippen LogP contribution in [0.1, 0.15) is 170 Å². The van der Waals surface area contributed by atoms with Gasteiger partial charge >= 0.3 is 7.82 Å². The third-order valence-corrected chi connectivity index (χ3v) is 19.4. The summed E-state index contributed by atoms with van der Waals surface area (Å²) in [6.07, 6.45) is 17.9. The lowest BCUT2D eigenvalue weighted by Crippen LogP contribution is -2.70. The molecule has 0 unspecified atom stereocenters. The van der Waals surface area contributed by atoms with Crippen LogP contribution < -0.4 is 0 Å². The molecule has 12 nitrogen and oxygen atoms in total. The third-order valence-electron chi connectivity index (χ3n) is 17.9. The number of phosphoric ester groups is 1. The maximum atomic E-state index is 15.0. The van der Waals surface area contributed by atoms with Gasteiger partial charge in [0, 0.05) is 24.7 Å². The first-order valence-corrected chi connectivity index (χ1v) is 25.8. The van der Waals surface area contributed by atoms with Crippen molar-refractivity contribution in [2.75, 3.05) is 6.61 Å². The van der Waals surface area contributed by atoms with E-state index in [1.807, 2.05) is 13.8 Å². The van der Waals surface area contributed by atoms with E-state index in [4.69, 9.17) is 52.1 Å². The average Bonchev–Trinajstić information content (AvgIpc) is 3.59. The van der Waals surface area contributed by atoms with Crippen LogP contribution in [0.15, 0.2) is 0 Å². The van der Waals surface area contributed by atoms with Crippen LogP contribution in [0.25, 0.3) is 0 Å². The van der Waals surface area contributed by atoms with Gasteiger partial charge in [-0.3, -0.25) is 13.6 Å². The van der Waals surface area contributed by atoms with Crippen molar-refractivity contribution in [2.24, 2.45) is 53.3 Å². The normalized spacial score (nSPS) is 50.7. The Balaban J connectivity index is 0.943. The van der Waals surface area contributed by atoms with E-state index in [1.54, 1.807) is 0 Å². The van der Waals surface area contributed by atoms with Crippen molar-refractivity contribution in [3.05, 3.63) is 0 Å². The monoisotopic (exact) mass is 850 g/mol. The minimum absolute atomic E-state index is 0.0840. The van der Waals surface area contributed by atoms with Crippen molar-refractivity contribution >= 4 is 7.82 Å². The van der Waals surface area contributed by atoms with E-state index in [-0.39, 0.29) is 60.6 Å². The number of hydrogen-bond acceptors (Lipinski definition) is 12. The van der Waals surface area contributed by atoms with E-state index >= 15 is 0 Å². The largest absolute Gasteiger partial charge is 0.475 e. The first-order valence-electron chi connectivity index (χ1n) is 24.3. The molecule has 8 aliphatic heterocycles. The quantitative estimate of drug-likeness (QED) is 0.145. The van der Waals surface area contributed by atoms with Gasteiger partial charge in [0.15, 0.2) is 23.8 Å². The number of phosphoric acid groups is 1. The number of ether oxygens (including phenoxy) is 4. The summed E-state index contributed by atoms with van der Waals surface area (Å²) in [5, 5.41) is 0. The minimum atomic E-state index is -3.90. The Hall–Kier alpha value is -0.210. The summed E-state index contributed by atoms with van der Waals surface area (Å²) >= 11 is 0. The van der Waals surface area contributed by atoms with Crippen molar-refractivity contribution in [1.82, 2.24) is 0 Å². The first kappa shape index (κ1) is 42.7. The van der Waals surface area contributed by atoms with Crippen molar-refractivity contribution in [3.8, 4) is 0 Å². The van der Waals surface area contributed by atoms with Crippen LogP contribution in [-0.4, -0.2) is 66.4 Å².